The number of carbonyl (C=O) groups is 1. The summed E-state index contributed by atoms with van der Waals surface area (Å²) in [6, 6.07) is 12.0. The Hall–Kier alpha value is -3.06. The van der Waals surface area contributed by atoms with Gasteiger partial charge in [0.15, 0.2) is 0 Å². The quantitative estimate of drug-likeness (QED) is 0.469. The summed E-state index contributed by atoms with van der Waals surface area (Å²) in [5.41, 5.74) is 1.45. The number of halogens is 1. The third-order valence-corrected chi connectivity index (χ3v) is 3.86. The van der Waals surface area contributed by atoms with E-state index in [0.717, 1.165) is 5.56 Å². The average Bonchev–Trinajstić information content (AvgIpc) is 2.60. The molecule has 0 heterocycles. The van der Waals surface area contributed by atoms with Crippen molar-refractivity contribution >= 4 is 17.7 Å². The SMILES string of the molecule is CN(C)C(CNC(=O)/C=C/c1ccc([N+](=O)[O-])cc1)c1cccc(F)c1. The Kier molecular flexibility index (Phi) is 6.57. The van der Waals surface area contributed by atoms with E-state index in [0.29, 0.717) is 12.1 Å². The third kappa shape index (κ3) is 5.49. The number of rotatable bonds is 7. The van der Waals surface area contributed by atoms with E-state index in [1.807, 2.05) is 25.1 Å². The predicted octanol–water partition coefficient (Wildman–Crippen LogP) is 3.17. The highest BCUT2D eigenvalue weighted by molar-refractivity contribution is 5.91. The molecule has 0 aliphatic heterocycles. The molecule has 0 saturated heterocycles. The summed E-state index contributed by atoms with van der Waals surface area (Å²) in [7, 11) is 3.71. The van der Waals surface area contributed by atoms with E-state index in [1.165, 1.54) is 30.3 Å². The summed E-state index contributed by atoms with van der Waals surface area (Å²) >= 11 is 0. The second-order valence-electron chi connectivity index (χ2n) is 5.96. The Bertz CT molecular complexity index is 804. The lowest BCUT2D eigenvalue weighted by Crippen LogP contribution is -2.33. The predicted molar refractivity (Wildman–Crippen MR) is 98.0 cm³/mol. The van der Waals surface area contributed by atoms with Crippen molar-refractivity contribution in [2.24, 2.45) is 0 Å². The standard InChI is InChI=1S/C19H20FN3O3/c1-22(2)18(15-4-3-5-16(20)12-15)13-21-19(24)11-8-14-6-9-17(10-7-14)23(25)26/h3-12,18H,13H2,1-2H3,(H,21,24)/b11-8+. The number of hydrogen-bond acceptors (Lipinski definition) is 4. The van der Waals surface area contributed by atoms with Crippen LogP contribution in [0.2, 0.25) is 0 Å². The van der Waals surface area contributed by atoms with Crippen LogP contribution in [0.1, 0.15) is 17.2 Å². The maximum Gasteiger partial charge on any atom is 0.269 e. The van der Waals surface area contributed by atoms with E-state index in [9.17, 15) is 19.3 Å². The highest BCUT2D eigenvalue weighted by Crippen LogP contribution is 2.18. The Balaban J connectivity index is 1.96. The van der Waals surface area contributed by atoms with Crippen LogP contribution < -0.4 is 5.32 Å². The second kappa shape index (κ2) is 8.87. The van der Waals surface area contributed by atoms with Gasteiger partial charge in [0, 0.05) is 24.8 Å². The Labute approximate surface area is 151 Å². The summed E-state index contributed by atoms with van der Waals surface area (Å²) in [6.45, 7) is 0.319. The maximum absolute atomic E-state index is 13.4. The molecule has 2 aromatic carbocycles. The summed E-state index contributed by atoms with van der Waals surface area (Å²) in [4.78, 5) is 24.1. The van der Waals surface area contributed by atoms with Crippen LogP contribution in [0, 0.1) is 15.9 Å². The van der Waals surface area contributed by atoms with Gasteiger partial charge < -0.3 is 10.2 Å². The zero-order valence-electron chi connectivity index (χ0n) is 14.6. The normalized spacial score (nSPS) is 12.3. The topological polar surface area (TPSA) is 75.5 Å². The van der Waals surface area contributed by atoms with Crippen molar-refractivity contribution in [3.05, 3.63) is 81.7 Å². The Morgan fingerprint density at radius 1 is 1.27 bits per heavy atom. The third-order valence-electron chi connectivity index (χ3n) is 3.86. The van der Waals surface area contributed by atoms with E-state index >= 15 is 0 Å². The first kappa shape index (κ1) is 19.3. The van der Waals surface area contributed by atoms with Crippen LogP contribution in [0.15, 0.2) is 54.6 Å². The summed E-state index contributed by atoms with van der Waals surface area (Å²) in [5.74, 6) is -0.620. The number of hydrogen-bond donors (Lipinski definition) is 1. The second-order valence-corrected chi connectivity index (χ2v) is 5.96. The molecular weight excluding hydrogens is 337 g/mol. The monoisotopic (exact) mass is 357 g/mol. The van der Waals surface area contributed by atoms with Crippen molar-refractivity contribution in [1.82, 2.24) is 10.2 Å². The van der Waals surface area contributed by atoms with Gasteiger partial charge in [-0.3, -0.25) is 14.9 Å². The summed E-state index contributed by atoms with van der Waals surface area (Å²) in [5, 5.41) is 13.4. The van der Waals surface area contributed by atoms with Gasteiger partial charge in [-0.2, -0.15) is 0 Å². The number of likely N-dealkylation sites (N-methyl/N-ethyl adjacent to an activating group) is 1. The number of carbonyl (C=O) groups excluding carboxylic acids is 1. The van der Waals surface area contributed by atoms with Crippen LogP contribution in [-0.4, -0.2) is 36.4 Å². The molecule has 0 spiro atoms. The number of non-ortho nitro benzene ring substituents is 1. The molecule has 2 rings (SSSR count). The number of benzene rings is 2. The first-order valence-electron chi connectivity index (χ1n) is 7.99. The number of nitrogens with one attached hydrogen (secondary N) is 1. The molecule has 1 N–H and O–H groups in total. The van der Waals surface area contributed by atoms with Gasteiger partial charge in [-0.05, 0) is 55.6 Å². The molecule has 7 heteroatoms. The lowest BCUT2D eigenvalue weighted by Gasteiger charge is -2.24. The molecule has 1 amide bonds. The van der Waals surface area contributed by atoms with Crippen molar-refractivity contribution < 1.29 is 14.1 Å². The molecule has 0 aliphatic rings. The highest BCUT2D eigenvalue weighted by atomic mass is 19.1. The van der Waals surface area contributed by atoms with Crippen molar-refractivity contribution in [1.29, 1.82) is 0 Å². The van der Waals surface area contributed by atoms with Crippen LogP contribution in [0.25, 0.3) is 6.08 Å². The van der Waals surface area contributed by atoms with Crippen molar-refractivity contribution in [2.45, 2.75) is 6.04 Å². The minimum absolute atomic E-state index is 0.00415. The molecule has 1 atom stereocenters. The Morgan fingerprint density at radius 2 is 1.96 bits per heavy atom. The lowest BCUT2D eigenvalue weighted by molar-refractivity contribution is -0.384. The lowest BCUT2D eigenvalue weighted by atomic mass is 10.1. The molecule has 0 fully saturated rings. The van der Waals surface area contributed by atoms with Crippen LogP contribution in [0.4, 0.5) is 10.1 Å². The van der Waals surface area contributed by atoms with Gasteiger partial charge in [0.2, 0.25) is 5.91 Å². The van der Waals surface area contributed by atoms with Gasteiger partial charge in [-0.15, -0.1) is 0 Å². The number of amides is 1. The van der Waals surface area contributed by atoms with Gasteiger partial charge in [0.1, 0.15) is 5.82 Å². The van der Waals surface area contributed by atoms with Gasteiger partial charge >= 0.3 is 0 Å². The van der Waals surface area contributed by atoms with Crippen molar-refractivity contribution in [3.63, 3.8) is 0 Å². The van der Waals surface area contributed by atoms with E-state index < -0.39 is 4.92 Å². The first-order chi connectivity index (χ1) is 12.4. The zero-order valence-corrected chi connectivity index (χ0v) is 14.6. The van der Waals surface area contributed by atoms with Crippen LogP contribution in [0.5, 0.6) is 0 Å². The average molecular weight is 357 g/mol. The zero-order chi connectivity index (χ0) is 19.1. The first-order valence-corrected chi connectivity index (χ1v) is 7.99. The smallest absolute Gasteiger partial charge is 0.269 e. The molecule has 0 aromatic heterocycles. The molecule has 6 nitrogen and oxygen atoms in total. The van der Waals surface area contributed by atoms with E-state index in [2.05, 4.69) is 5.32 Å². The van der Waals surface area contributed by atoms with E-state index in [4.69, 9.17) is 0 Å². The van der Waals surface area contributed by atoms with Crippen molar-refractivity contribution in [3.8, 4) is 0 Å². The molecule has 0 saturated carbocycles. The molecule has 1 unspecified atom stereocenters. The van der Waals surface area contributed by atoms with Crippen LogP contribution >= 0.6 is 0 Å². The fraction of sp³-hybridized carbons (Fsp3) is 0.211. The largest absolute Gasteiger partial charge is 0.351 e. The molecule has 0 aliphatic carbocycles. The number of nitro benzene ring substituents is 1. The molecule has 136 valence electrons. The fourth-order valence-corrected chi connectivity index (χ4v) is 2.45. The van der Waals surface area contributed by atoms with Gasteiger partial charge in [-0.1, -0.05) is 12.1 Å². The fourth-order valence-electron chi connectivity index (χ4n) is 2.45. The summed E-state index contributed by atoms with van der Waals surface area (Å²) in [6.07, 6.45) is 2.94. The molecule has 26 heavy (non-hydrogen) atoms. The molecule has 0 bridgehead atoms. The maximum atomic E-state index is 13.4. The minimum atomic E-state index is -0.478. The van der Waals surface area contributed by atoms with E-state index in [-0.39, 0.29) is 23.5 Å². The molecule has 0 radical (unpaired) electrons. The van der Waals surface area contributed by atoms with Crippen LogP contribution in [0.3, 0.4) is 0 Å². The summed E-state index contributed by atoms with van der Waals surface area (Å²) < 4.78 is 13.4. The van der Waals surface area contributed by atoms with Gasteiger partial charge in [-0.25, -0.2) is 4.39 Å². The minimum Gasteiger partial charge on any atom is -0.351 e. The highest BCUT2D eigenvalue weighted by Gasteiger charge is 2.15. The van der Waals surface area contributed by atoms with Crippen molar-refractivity contribution in [2.75, 3.05) is 20.6 Å². The van der Waals surface area contributed by atoms with Gasteiger partial charge in [0.25, 0.3) is 5.69 Å². The number of nitro groups is 1. The van der Waals surface area contributed by atoms with Crippen LogP contribution in [-0.2, 0) is 4.79 Å². The van der Waals surface area contributed by atoms with Gasteiger partial charge in [0.05, 0.1) is 11.0 Å². The molecular formula is C19H20FN3O3. The van der Waals surface area contributed by atoms with E-state index in [1.54, 1.807) is 24.3 Å². The number of nitrogens with zero attached hydrogens (tertiary/aromatic N) is 2. The Morgan fingerprint density at radius 3 is 2.54 bits per heavy atom. The molecule has 2 aromatic rings.